The second-order valence-corrected chi connectivity index (χ2v) is 8.20. The van der Waals surface area contributed by atoms with Gasteiger partial charge in [0, 0.05) is 31.8 Å². The lowest BCUT2D eigenvalue weighted by molar-refractivity contribution is -0.0808. The minimum absolute atomic E-state index is 0.0464. The van der Waals surface area contributed by atoms with E-state index in [-0.39, 0.29) is 11.6 Å². The fourth-order valence-electron chi connectivity index (χ4n) is 3.65. The van der Waals surface area contributed by atoms with E-state index in [1.165, 1.54) is 25.5 Å². The van der Waals surface area contributed by atoms with Crippen LogP contribution in [0.1, 0.15) is 38.5 Å². The summed E-state index contributed by atoms with van der Waals surface area (Å²) in [6.45, 7) is 2.77. The highest BCUT2D eigenvalue weighted by Crippen LogP contribution is 2.38. The van der Waals surface area contributed by atoms with E-state index < -0.39 is 10.0 Å². The molecule has 2 heterocycles. The van der Waals surface area contributed by atoms with E-state index in [0.717, 1.165) is 38.4 Å². The maximum absolute atomic E-state index is 11.4. The van der Waals surface area contributed by atoms with Gasteiger partial charge in [0.15, 0.2) is 0 Å². The van der Waals surface area contributed by atoms with Crippen molar-refractivity contribution < 1.29 is 13.2 Å². The molecule has 1 N–H and O–H groups in total. The van der Waals surface area contributed by atoms with Crippen molar-refractivity contribution in [2.45, 2.75) is 56.2 Å². The van der Waals surface area contributed by atoms with Crippen LogP contribution in [-0.2, 0) is 14.8 Å². The van der Waals surface area contributed by atoms with E-state index >= 15 is 0 Å². The quantitative estimate of drug-likeness (QED) is 0.831. The van der Waals surface area contributed by atoms with Gasteiger partial charge in [-0.05, 0) is 32.1 Å². The number of hydrogen-bond acceptors (Lipinski definition) is 4. The largest absolute Gasteiger partial charge is 0.373 e. The van der Waals surface area contributed by atoms with Crippen molar-refractivity contribution >= 4 is 10.0 Å². The van der Waals surface area contributed by atoms with Crippen LogP contribution in [0.25, 0.3) is 0 Å². The number of nitrogens with one attached hydrogen (secondary N) is 1. The van der Waals surface area contributed by atoms with E-state index in [4.69, 9.17) is 4.74 Å². The molecule has 1 saturated carbocycles. The van der Waals surface area contributed by atoms with Crippen LogP contribution in [0.15, 0.2) is 0 Å². The number of rotatable bonds is 3. The van der Waals surface area contributed by atoms with Gasteiger partial charge in [-0.3, -0.25) is 4.90 Å². The summed E-state index contributed by atoms with van der Waals surface area (Å²) in [4.78, 5) is 2.55. The molecule has 110 valence electrons. The third kappa shape index (κ3) is 3.12. The molecular formula is C13H24N2O3S. The van der Waals surface area contributed by atoms with Crippen LogP contribution in [0, 0.1) is 0 Å². The molecule has 0 aromatic rings. The first-order valence-electron chi connectivity index (χ1n) is 7.31. The summed E-state index contributed by atoms with van der Waals surface area (Å²) in [7, 11) is -3.11. The highest BCUT2D eigenvalue weighted by molar-refractivity contribution is 7.88. The predicted molar refractivity (Wildman–Crippen MR) is 73.5 cm³/mol. The zero-order valence-electron chi connectivity index (χ0n) is 11.6. The molecule has 2 saturated heterocycles. The standard InChI is InChI=1S/C13H24N2O3S/c1-19(16,17)14-11-5-8-18-13(9-11)6-7-15(10-13)12-3-2-4-12/h11-12,14H,2-10H2,1H3/t11-,13-/m1/s1. The third-order valence-electron chi connectivity index (χ3n) is 4.81. The molecule has 0 bridgehead atoms. The highest BCUT2D eigenvalue weighted by Gasteiger charge is 2.45. The topological polar surface area (TPSA) is 58.6 Å². The average molecular weight is 288 g/mol. The lowest BCUT2D eigenvalue weighted by Gasteiger charge is -2.40. The monoisotopic (exact) mass is 288 g/mol. The molecule has 19 heavy (non-hydrogen) atoms. The molecule has 0 amide bonds. The zero-order valence-corrected chi connectivity index (χ0v) is 12.4. The first-order valence-corrected chi connectivity index (χ1v) is 9.20. The molecule has 3 aliphatic rings. The second-order valence-electron chi connectivity index (χ2n) is 6.42. The Labute approximate surface area is 115 Å². The van der Waals surface area contributed by atoms with Gasteiger partial charge in [-0.25, -0.2) is 13.1 Å². The zero-order chi connectivity index (χ0) is 13.5. The molecule has 3 fully saturated rings. The van der Waals surface area contributed by atoms with Gasteiger partial charge in [0.25, 0.3) is 0 Å². The van der Waals surface area contributed by atoms with Crippen LogP contribution >= 0.6 is 0 Å². The van der Waals surface area contributed by atoms with Crippen molar-refractivity contribution in [2.75, 3.05) is 26.0 Å². The normalized spacial score (nSPS) is 37.6. The average Bonchev–Trinajstić information content (AvgIpc) is 2.56. The van der Waals surface area contributed by atoms with Crippen molar-refractivity contribution in [3.8, 4) is 0 Å². The van der Waals surface area contributed by atoms with Gasteiger partial charge in [0.1, 0.15) is 0 Å². The summed E-state index contributed by atoms with van der Waals surface area (Å²) < 4.78 is 31.5. The third-order valence-corrected chi connectivity index (χ3v) is 5.57. The van der Waals surface area contributed by atoms with Crippen molar-refractivity contribution in [3.63, 3.8) is 0 Å². The molecular weight excluding hydrogens is 264 g/mol. The maximum Gasteiger partial charge on any atom is 0.208 e. The van der Waals surface area contributed by atoms with Crippen molar-refractivity contribution in [3.05, 3.63) is 0 Å². The number of ether oxygens (including phenoxy) is 1. The van der Waals surface area contributed by atoms with Crippen molar-refractivity contribution in [1.82, 2.24) is 9.62 Å². The van der Waals surface area contributed by atoms with Crippen LogP contribution in [0.2, 0.25) is 0 Å². The molecule has 0 aromatic heterocycles. The summed E-state index contributed by atoms with van der Waals surface area (Å²) in [5, 5.41) is 0. The second kappa shape index (κ2) is 4.98. The Morgan fingerprint density at radius 1 is 1.32 bits per heavy atom. The van der Waals surface area contributed by atoms with Crippen molar-refractivity contribution in [2.24, 2.45) is 0 Å². The first kappa shape index (κ1) is 13.8. The minimum atomic E-state index is -3.11. The lowest BCUT2D eigenvalue weighted by atomic mass is 9.89. The van der Waals surface area contributed by atoms with Crippen LogP contribution in [0.3, 0.4) is 0 Å². The Bertz CT molecular complexity index is 435. The Balaban J connectivity index is 1.61. The number of sulfonamides is 1. The predicted octanol–water partition coefficient (Wildman–Crippen LogP) is 0.712. The molecule has 0 radical (unpaired) electrons. The van der Waals surface area contributed by atoms with E-state index in [1.807, 2.05) is 0 Å². The Morgan fingerprint density at radius 2 is 2.11 bits per heavy atom. The molecule has 6 heteroatoms. The van der Waals surface area contributed by atoms with Gasteiger partial charge in [-0.1, -0.05) is 6.42 Å². The van der Waals surface area contributed by atoms with Gasteiger partial charge in [-0.2, -0.15) is 0 Å². The van der Waals surface area contributed by atoms with E-state index in [1.54, 1.807) is 0 Å². The maximum atomic E-state index is 11.4. The lowest BCUT2D eigenvalue weighted by Crippen LogP contribution is -2.50. The van der Waals surface area contributed by atoms with Gasteiger partial charge < -0.3 is 4.74 Å². The Morgan fingerprint density at radius 3 is 2.74 bits per heavy atom. The van der Waals surface area contributed by atoms with E-state index in [9.17, 15) is 8.42 Å². The Hall–Kier alpha value is -0.170. The number of nitrogens with zero attached hydrogens (tertiary/aromatic N) is 1. The molecule has 1 spiro atoms. The summed E-state index contributed by atoms with van der Waals surface area (Å²) in [5.74, 6) is 0. The molecule has 2 aliphatic heterocycles. The van der Waals surface area contributed by atoms with Crippen LogP contribution < -0.4 is 4.72 Å². The molecule has 0 unspecified atom stereocenters. The van der Waals surface area contributed by atoms with Gasteiger partial charge >= 0.3 is 0 Å². The minimum Gasteiger partial charge on any atom is -0.373 e. The molecule has 2 atom stereocenters. The Kier molecular flexibility index (Phi) is 3.62. The van der Waals surface area contributed by atoms with E-state index in [0.29, 0.717) is 6.61 Å². The number of likely N-dealkylation sites (tertiary alicyclic amines) is 1. The van der Waals surface area contributed by atoms with Crippen LogP contribution in [0.5, 0.6) is 0 Å². The molecule has 0 aromatic carbocycles. The first-order chi connectivity index (χ1) is 8.96. The van der Waals surface area contributed by atoms with Gasteiger partial charge in [0.05, 0.1) is 11.9 Å². The fraction of sp³-hybridized carbons (Fsp3) is 1.00. The van der Waals surface area contributed by atoms with E-state index in [2.05, 4.69) is 9.62 Å². The van der Waals surface area contributed by atoms with Crippen LogP contribution in [-0.4, -0.2) is 57.0 Å². The summed E-state index contributed by atoms with van der Waals surface area (Å²) in [5.41, 5.74) is -0.101. The van der Waals surface area contributed by atoms with Crippen LogP contribution in [0.4, 0.5) is 0 Å². The molecule has 1 aliphatic carbocycles. The SMILES string of the molecule is CS(=O)(=O)N[C@@H]1CCO[C@]2(CCN(C3CCC3)C2)C1. The molecule has 5 nitrogen and oxygen atoms in total. The smallest absolute Gasteiger partial charge is 0.208 e. The highest BCUT2D eigenvalue weighted by atomic mass is 32.2. The number of hydrogen-bond donors (Lipinski definition) is 1. The summed E-state index contributed by atoms with van der Waals surface area (Å²) in [6, 6.07) is 0.802. The summed E-state index contributed by atoms with van der Waals surface area (Å²) >= 11 is 0. The summed E-state index contributed by atoms with van der Waals surface area (Å²) in [6.07, 6.45) is 7.90. The molecule has 3 rings (SSSR count). The van der Waals surface area contributed by atoms with Gasteiger partial charge in [0.2, 0.25) is 10.0 Å². The van der Waals surface area contributed by atoms with Gasteiger partial charge in [-0.15, -0.1) is 0 Å². The van der Waals surface area contributed by atoms with Crippen molar-refractivity contribution in [1.29, 1.82) is 0 Å². The fourth-order valence-corrected chi connectivity index (χ4v) is 4.46.